The van der Waals surface area contributed by atoms with E-state index in [0.29, 0.717) is 12.2 Å². The van der Waals surface area contributed by atoms with Crippen LogP contribution in [0, 0.1) is 17.0 Å². The number of amides is 1. The highest BCUT2D eigenvalue weighted by Crippen LogP contribution is 2.26. The molecule has 3 rings (SSSR count). The smallest absolute Gasteiger partial charge is 0.270 e. The summed E-state index contributed by atoms with van der Waals surface area (Å²) in [5.74, 6) is -0.381. The van der Waals surface area contributed by atoms with Crippen LogP contribution < -0.4 is 10.6 Å². The standard InChI is InChI=1S/C23H23N3O3/c1-3-18-11-7-8-16(2)22(18)25-23(27)20-14-19(26(28)29)12-13-21(20)24-15-17-9-5-4-6-10-17/h4-14,24H,3,15H2,1-2H3,(H,25,27). The third-order valence-electron chi connectivity index (χ3n) is 4.76. The van der Waals surface area contributed by atoms with E-state index in [9.17, 15) is 14.9 Å². The molecule has 0 aliphatic rings. The van der Waals surface area contributed by atoms with Crippen LogP contribution in [0.15, 0.2) is 66.7 Å². The average Bonchev–Trinajstić information content (AvgIpc) is 2.74. The van der Waals surface area contributed by atoms with E-state index in [4.69, 9.17) is 0 Å². The van der Waals surface area contributed by atoms with Crippen LogP contribution in [-0.4, -0.2) is 10.8 Å². The first-order valence-corrected chi connectivity index (χ1v) is 9.45. The zero-order chi connectivity index (χ0) is 20.8. The number of carbonyl (C=O) groups excluding carboxylic acids is 1. The zero-order valence-electron chi connectivity index (χ0n) is 16.4. The Morgan fingerprint density at radius 1 is 1.03 bits per heavy atom. The topological polar surface area (TPSA) is 84.3 Å². The van der Waals surface area contributed by atoms with Crippen molar-refractivity contribution in [1.82, 2.24) is 0 Å². The number of nitrogens with zero attached hydrogens (tertiary/aromatic N) is 1. The number of rotatable bonds is 7. The van der Waals surface area contributed by atoms with Crippen LogP contribution in [-0.2, 0) is 13.0 Å². The number of carbonyl (C=O) groups is 1. The lowest BCUT2D eigenvalue weighted by atomic mass is 10.0. The summed E-state index contributed by atoms with van der Waals surface area (Å²) in [5.41, 5.74) is 4.42. The fourth-order valence-electron chi connectivity index (χ4n) is 3.16. The van der Waals surface area contributed by atoms with Gasteiger partial charge in [0.2, 0.25) is 0 Å². The summed E-state index contributed by atoms with van der Waals surface area (Å²) < 4.78 is 0. The Morgan fingerprint density at radius 3 is 2.48 bits per heavy atom. The van der Waals surface area contributed by atoms with E-state index in [1.54, 1.807) is 6.07 Å². The minimum absolute atomic E-state index is 0.124. The summed E-state index contributed by atoms with van der Waals surface area (Å²) in [6.45, 7) is 4.45. The molecule has 3 aromatic carbocycles. The van der Waals surface area contributed by atoms with Crippen molar-refractivity contribution in [3.05, 3.63) is 99.1 Å². The molecule has 0 unspecified atom stereocenters. The lowest BCUT2D eigenvalue weighted by Crippen LogP contribution is -2.17. The van der Waals surface area contributed by atoms with Crippen molar-refractivity contribution >= 4 is 23.0 Å². The van der Waals surface area contributed by atoms with Gasteiger partial charge in [0.15, 0.2) is 0 Å². The summed E-state index contributed by atoms with van der Waals surface area (Å²) in [4.78, 5) is 23.8. The minimum Gasteiger partial charge on any atom is -0.380 e. The predicted molar refractivity (Wildman–Crippen MR) is 115 cm³/mol. The molecule has 6 heteroatoms. The Kier molecular flexibility index (Phi) is 6.24. The Hall–Kier alpha value is -3.67. The highest BCUT2D eigenvalue weighted by molar-refractivity contribution is 6.09. The number of anilines is 2. The van der Waals surface area contributed by atoms with Crippen LogP contribution in [0.25, 0.3) is 0 Å². The fourth-order valence-corrected chi connectivity index (χ4v) is 3.16. The van der Waals surface area contributed by atoms with Crippen molar-refractivity contribution in [3.63, 3.8) is 0 Å². The molecule has 0 aliphatic carbocycles. The highest BCUT2D eigenvalue weighted by Gasteiger charge is 2.18. The lowest BCUT2D eigenvalue weighted by molar-refractivity contribution is -0.384. The molecule has 0 fully saturated rings. The molecule has 0 heterocycles. The first-order chi connectivity index (χ1) is 14.0. The van der Waals surface area contributed by atoms with Crippen molar-refractivity contribution < 1.29 is 9.72 Å². The summed E-state index contributed by atoms with van der Waals surface area (Å²) in [7, 11) is 0. The first kappa shape index (κ1) is 20.1. The van der Waals surface area contributed by atoms with Crippen LogP contribution in [0.1, 0.15) is 34.0 Å². The maximum atomic E-state index is 13.1. The van der Waals surface area contributed by atoms with Gasteiger partial charge in [0.05, 0.1) is 10.5 Å². The molecule has 3 aromatic rings. The van der Waals surface area contributed by atoms with Crippen LogP contribution in [0.5, 0.6) is 0 Å². The van der Waals surface area contributed by atoms with Crippen LogP contribution in [0.3, 0.4) is 0 Å². The molecule has 0 aliphatic heterocycles. The Morgan fingerprint density at radius 2 is 1.79 bits per heavy atom. The Bertz CT molecular complexity index is 1030. The Labute approximate surface area is 169 Å². The van der Waals surface area contributed by atoms with Gasteiger partial charge in [-0.2, -0.15) is 0 Å². The molecular formula is C23H23N3O3. The molecule has 29 heavy (non-hydrogen) atoms. The van der Waals surface area contributed by atoms with Gasteiger partial charge in [-0.15, -0.1) is 0 Å². The summed E-state index contributed by atoms with van der Waals surface area (Å²) in [6.07, 6.45) is 0.769. The zero-order valence-corrected chi connectivity index (χ0v) is 16.4. The second-order valence-corrected chi connectivity index (χ2v) is 6.74. The SMILES string of the molecule is CCc1cccc(C)c1NC(=O)c1cc([N+](=O)[O-])ccc1NCc1ccccc1. The molecular weight excluding hydrogens is 366 g/mol. The van der Waals surface area contributed by atoms with Crippen molar-refractivity contribution in [2.45, 2.75) is 26.8 Å². The van der Waals surface area contributed by atoms with Gasteiger partial charge in [0.1, 0.15) is 0 Å². The van der Waals surface area contributed by atoms with E-state index < -0.39 is 4.92 Å². The number of benzene rings is 3. The van der Waals surface area contributed by atoms with Crippen LogP contribution in [0.4, 0.5) is 17.1 Å². The van der Waals surface area contributed by atoms with Gasteiger partial charge in [-0.3, -0.25) is 14.9 Å². The second-order valence-electron chi connectivity index (χ2n) is 6.74. The molecule has 148 valence electrons. The van der Waals surface area contributed by atoms with Crippen molar-refractivity contribution in [2.24, 2.45) is 0 Å². The van der Waals surface area contributed by atoms with Crippen LogP contribution >= 0.6 is 0 Å². The van der Waals surface area contributed by atoms with Gasteiger partial charge in [-0.1, -0.05) is 55.5 Å². The molecule has 0 saturated heterocycles. The van der Waals surface area contributed by atoms with E-state index in [0.717, 1.165) is 28.8 Å². The third kappa shape index (κ3) is 4.79. The lowest BCUT2D eigenvalue weighted by Gasteiger charge is -2.15. The molecule has 0 saturated carbocycles. The molecule has 1 amide bonds. The van der Waals surface area contributed by atoms with E-state index in [2.05, 4.69) is 10.6 Å². The number of aryl methyl sites for hydroxylation is 2. The van der Waals surface area contributed by atoms with Gasteiger partial charge in [-0.05, 0) is 36.1 Å². The van der Waals surface area contributed by atoms with E-state index in [1.165, 1.54) is 12.1 Å². The number of nitrogens with one attached hydrogen (secondary N) is 2. The largest absolute Gasteiger partial charge is 0.380 e. The number of nitro groups is 1. The summed E-state index contributed by atoms with van der Waals surface area (Å²) >= 11 is 0. The van der Waals surface area contributed by atoms with Gasteiger partial charge in [0, 0.05) is 30.1 Å². The number of nitro benzene ring substituents is 1. The van der Waals surface area contributed by atoms with E-state index in [-0.39, 0.29) is 17.2 Å². The van der Waals surface area contributed by atoms with Crippen molar-refractivity contribution in [3.8, 4) is 0 Å². The second kappa shape index (κ2) is 9.01. The van der Waals surface area contributed by atoms with Crippen molar-refractivity contribution in [1.29, 1.82) is 0 Å². The molecule has 0 bridgehead atoms. The molecule has 0 atom stereocenters. The number of para-hydroxylation sites is 1. The molecule has 0 aromatic heterocycles. The normalized spacial score (nSPS) is 10.4. The predicted octanol–water partition coefficient (Wildman–Crippen LogP) is 5.33. The molecule has 2 N–H and O–H groups in total. The van der Waals surface area contributed by atoms with E-state index >= 15 is 0 Å². The monoisotopic (exact) mass is 389 g/mol. The maximum absolute atomic E-state index is 13.1. The minimum atomic E-state index is -0.497. The fraction of sp³-hybridized carbons (Fsp3) is 0.174. The highest BCUT2D eigenvalue weighted by atomic mass is 16.6. The van der Waals surface area contributed by atoms with Gasteiger partial charge < -0.3 is 10.6 Å². The average molecular weight is 389 g/mol. The molecule has 6 nitrogen and oxygen atoms in total. The van der Waals surface area contributed by atoms with Gasteiger partial charge in [-0.25, -0.2) is 0 Å². The Balaban J connectivity index is 1.92. The summed E-state index contributed by atoms with van der Waals surface area (Å²) in [6, 6.07) is 19.9. The third-order valence-corrected chi connectivity index (χ3v) is 4.76. The molecule has 0 spiro atoms. The first-order valence-electron chi connectivity index (χ1n) is 9.45. The number of hydrogen-bond donors (Lipinski definition) is 2. The quantitative estimate of drug-likeness (QED) is 0.422. The van der Waals surface area contributed by atoms with Crippen LogP contribution in [0.2, 0.25) is 0 Å². The van der Waals surface area contributed by atoms with Gasteiger partial charge in [0.25, 0.3) is 11.6 Å². The number of hydrogen-bond acceptors (Lipinski definition) is 4. The van der Waals surface area contributed by atoms with E-state index in [1.807, 2.05) is 62.4 Å². The number of non-ortho nitro benzene ring substituents is 1. The molecule has 0 radical (unpaired) electrons. The van der Waals surface area contributed by atoms with Crippen molar-refractivity contribution in [2.75, 3.05) is 10.6 Å². The maximum Gasteiger partial charge on any atom is 0.270 e. The summed E-state index contributed by atoms with van der Waals surface area (Å²) in [5, 5.41) is 17.4. The van der Waals surface area contributed by atoms with Gasteiger partial charge >= 0.3 is 0 Å².